The van der Waals surface area contributed by atoms with Crippen molar-refractivity contribution < 1.29 is 9.53 Å². The number of halogens is 2. The number of benzene rings is 3. The number of anilines is 2. The fraction of sp³-hybridized carbons (Fsp3) is 0.136. The molecule has 27 heavy (non-hydrogen) atoms. The van der Waals surface area contributed by atoms with E-state index in [0.717, 1.165) is 35.3 Å². The number of ether oxygens (including phenoxy) is 1. The van der Waals surface area contributed by atoms with Crippen LogP contribution in [0.5, 0.6) is 5.75 Å². The molecule has 0 spiro atoms. The lowest BCUT2D eigenvalue weighted by Crippen LogP contribution is -2.31. The number of amides is 1. The maximum Gasteiger partial charge on any atom is 0.269 e. The summed E-state index contributed by atoms with van der Waals surface area (Å²) in [4.78, 5) is 14.9. The second-order valence-electron chi connectivity index (χ2n) is 6.35. The van der Waals surface area contributed by atoms with Crippen LogP contribution in [0.1, 0.15) is 11.1 Å². The van der Waals surface area contributed by atoms with Crippen molar-refractivity contribution in [3.05, 3.63) is 87.9 Å². The van der Waals surface area contributed by atoms with Gasteiger partial charge >= 0.3 is 0 Å². The predicted octanol–water partition coefficient (Wildman–Crippen LogP) is 5.84. The van der Waals surface area contributed by atoms with Gasteiger partial charge in [0.2, 0.25) is 0 Å². The van der Waals surface area contributed by atoms with Gasteiger partial charge in [-0.05, 0) is 54.3 Å². The molecule has 5 heteroatoms. The van der Waals surface area contributed by atoms with Gasteiger partial charge in [0.1, 0.15) is 5.75 Å². The Bertz CT molecular complexity index is 956. The zero-order valence-corrected chi connectivity index (χ0v) is 16.0. The molecule has 0 N–H and O–H groups in total. The first-order valence-corrected chi connectivity index (χ1v) is 9.46. The van der Waals surface area contributed by atoms with Crippen LogP contribution in [-0.2, 0) is 17.6 Å². The van der Waals surface area contributed by atoms with E-state index in [-0.39, 0.29) is 12.5 Å². The zero-order valence-electron chi connectivity index (χ0n) is 14.5. The molecule has 0 atom stereocenters. The van der Waals surface area contributed by atoms with Crippen LogP contribution in [0.25, 0.3) is 0 Å². The normalized spacial score (nSPS) is 12.7. The number of rotatable bonds is 3. The topological polar surface area (TPSA) is 29.5 Å². The Morgan fingerprint density at radius 1 is 0.889 bits per heavy atom. The Hall–Kier alpha value is -2.49. The number of hydrogen-bond donors (Lipinski definition) is 0. The first kappa shape index (κ1) is 17.9. The molecule has 0 saturated heterocycles. The van der Waals surface area contributed by atoms with Crippen LogP contribution in [0.3, 0.4) is 0 Å². The van der Waals surface area contributed by atoms with Crippen LogP contribution in [0.4, 0.5) is 11.4 Å². The van der Waals surface area contributed by atoms with Gasteiger partial charge < -0.3 is 4.74 Å². The SMILES string of the molecule is O=C(COc1ccc(Cl)cc1Cl)N1c2ccccc2CCc2ccccc21. The van der Waals surface area contributed by atoms with E-state index in [9.17, 15) is 4.79 Å². The van der Waals surface area contributed by atoms with Crippen molar-refractivity contribution in [2.24, 2.45) is 0 Å². The van der Waals surface area contributed by atoms with Gasteiger partial charge in [0.05, 0.1) is 16.4 Å². The number of para-hydroxylation sites is 2. The zero-order chi connectivity index (χ0) is 18.8. The minimum absolute atomic E-state index is 0.121. The van der Waals surface area contributed by atoms with Gasteiger partial charge in [0.15, 0.2) is 6.61 Å². The highest BCUT2D eigenvalue weighted by Crippen LogP contribution is 2.36. The summed E-state index contributed by atoms with van der Waals surface area (Å²) < 4.78 is 5.70. The molecule has 0 radical (unpaired) electrons. The lowest BCUT2D eigenvalue weighted by Gasteiger charge is -2.25. The summed E-state index contributed by atoms with van der Waals surface area (Å²) in [5, 5.41) is 0.904. The van der Waals surface area contributed by atoms with Gasteiger partial charge in [-0.15, -0.1) is 0 Å². The average molecular weight is 398 g/mol. The van der Waals surface area contributed by atoms with Crippen molar-refractivity contribution in [1.82, 2.24) is 0 Å². The molecule has 0 saturated carbocycles. The monoisotopic (exact) mass is 397 g/mol. The van der Waals surface area contributed by atoms with E-state index < -0.39 is 0 Å². The molecule has 0 unspecified atom stereocenters. The number of carbonyl (C=O) groups excluding carboxylic acids is 1. The molecule has 0 aromatic heterocycles. The molecule has 136 valence electrons. The summed E-state index contributed by atoms with van der Waals surface area (Å²) in [7, 11) is 0. The summed E-state index contributed by atoms with van der Waals surface area (Å²) in [5.74, 6) is 0.286. The highest BCUT2D eigenvalue weighted by atomic mass is 35.5. The molecule has 0 bridgehead atoms. The van der Waals surface area contributed by atoms with E-state index in [1.54, 1.807) is 23.1 Å². The van der Waals surface area contributed by atoms with Crippen LogP contribution in [-0.4, -0.2) is 12.5 Å². The summed E-state index contributed by atoms with van der Waals surface area (Å²) in [6.45, 7) is -0.121. The smallest absolute Gasteiger partial charge is 0.269 e. The Kier molecular flexibility index (Phi) is 5.06. The Labute approximate surface area is 168 Å². The maximum atomic E-state index is 13.2. The molecule has 3 aromatic carbocycles. The molecule has 4 rings (SSSR count). The lowest BCUT2D eigenvalue weighted by atomic mass is 10.0. The van der Waals surface area contributed by atoms with E-state index in [2.05, 4.69) is 12.1 Å². The number of fused-ring (bicyclic) bond motifs is 2. The van der Waals surface area contributed by atoms with Gasteiger partial charge in [-0.2, -0.15) is 0 Å². The largest absolute Gasteiger partial charge is 0.482 e. The minimum Gasteiger partial charge on any atom is -0.482 e. The van der Waals surface area contributed by atoms with E-state index in [4.69, 9.17) is 27.9 Å². The Balaban J connectivity index is 1.66. The molecule has 1 amide bonds. The first-order chi connectivity index (χ1) is 13.1. The van der Waals surface area contributed by atoms with Crippen molar-refractivity contribution in [3.8, 4) is 5.75 Å². The molecule has 1 aliphatic rings. The van der Waals surface area contributed by atoms with Crippen molar-refractivity contribution in [2.75, 3.05) is 11.5 Å². The van der Waals surface area contributed by atoms with Crippen LogP contribution in [0, 0.1) is 0 Å². The van der Waals surface area contributed by atoms with E-state index in [1.165, 1.54) is 0 Å². The van der Waals surface area contributed by atoms with Crippen molar-refractivity contribution in [1.29, 1.82) is 0 Å². The van der Waals surface area contributed by atoms with Gasteiger partial charge in [-0.1, -0.05) is 59.6 Å². The van der Waals surface area contributed by atoms with Gasteiger partial charge in [0, 0.05) is 5.02 Å². The maximum absolute atomic E-state index is 13.2. The third-order valence-corrected chi connectivity index (χ3v) is 5.15. The van der Waals surface area contributed by atoms with Crippen LogP contribution >= 0.6 is 23.2 Å². The van der Waals surface area contributed by atoms with Crippen molar-refractivity contribution >= 4 is 40.5 Å². The second-order valence-corrected chi connectivity index (χ2v) is 7.19. The van der Waals surface area contributed by atoms with Gasteiger partial charge in [0.25, 0.3) is 5.91 Å². The number of carbonyl (C=O) groups is 1. The Morgan fingerprint density at radius 3 is 2.07 bits per heavy atom. The van der Waals surface area contributed by atoms with Gasteiger partial charge in [-0.3, -0.25) is 9.69 Å². The van der Waals surface area contributed by atoms with Crippen LogP contribution in [0.15, 0.2) is 66.7 Å². The third-order valence-electron chi connectivity index (χ3n) is 4.62. The molecule has 0 fully saturated rings. The summed E-state index contributed by atoms with van der Waals surface area (Å²) in [6, 6.07) is 20.9. The Morgan fingerprint density at radius 2 is 1.48 bits per heavy atom. The molecular formula is C22H17Cl2NO2. The summed E-state index contributed by atoms with van der Waals surface area (Å²) in [6.07, 6.45) is 1.78. The minimum atomic E-state index is -0.150. The van der Waals surface area contributed by atoms with Crippen molar-refractivity contribution in [2.45, 2.75) is 12.8 Å². The van der Waals surface area contributed by atoms with E-state index >= 15 is 0 Å². The third kappa shape index (κ3) is 3.66. The van der Waals surface area contributed by atoms with Crippen LogP contribution in [0.2, 0.25) is 10.0 Å². The summed E-state index contributed by atoms with van der Waals surface area (Å²) >= 11 is 12.1. The number of nitrogens with zero attached hydrogens (tertiary/aromatic N) is 1. The quantitative estimate of drug-likeness (QED) is 0.555. The molecule has 1 aliphatic heterocycles. The van der Waals surface area contributed by atoms with E-state index in [1.807, 2.05) is 36.4 Å². The van der Waals surface area contributed by atoms with E-state index in [0.29, 0.717) is 15.8 Å². The highest BCUT2D eigenvalue weighted by molar-refractivity contribution is 6.35. The molecule has 3 nitrogen and oxygen atoms in total. The van der Waals surface area contributed by atoms with Gasteiger partial charge in [-0.25, -0.2) is 0 Å². The van der Waals surface area contributed by atoms with Crippen LogP contribution < -0.4 is 9.64 Å². The molecule has 1 heterocycles. The fourth-order valence-electron chi connectivity index (χ4n) is 3.34. The van der Waals surface area contributed by atoms with Crippen molar-refractivity contribution in [3.63, 3.8) is 0 Å². The lowest BCUT2D eigenvalue weighted by molar-refractivity contribution is -0.119. The second kappa shape index (κ2) is 7.63. The first-order valence-electron chi connectivity index (χ1n) is 8.70. The molecule has 0 aliphatic carbocycles. The predicted molar refractivity (Wildman–Crippen MR) is 109 cm³/mol. The number of aryl methyl sites for hydroxylation is 2. The highest BCUT2D eigenvalue weighted by Gasteiger charge is 2.25. The summed E-state index contributed by atoms with van der Waals surface area (Å²) in [5.41, 5.74) is 4.09. The molecular weight excluding hydrogens is 381 g/mol. The molecule has 3 aromatic rings. The number of hydrogen-bond acceptors (Lipinski definition) is 2. The fourth-order valence-corrected chi connectivity index (χ4v) is 3.81. The average Bonchev–Trinajstić information content (AvgIpc) is 2.84. The standard InChI is InChI=1S/C22H17Cl2NO2/c23-17-11-12-21(18(24)13-17)27-14-22(26)25-19-7-3-1-5-15(19)9-10-16-6-2-4-8-20(16)25/h1-8,11-13H,9-10,14H2.